The molecular formula is C12H24N2O3. The third kappa shape index (κ3) is 3.33. The van der Waals surface area contributed by atoms with Crippen LogP contribution in [0.2, 0.25) is 0 Å². The van der Waals surface area contributed by atoms with Gasteiger partial charge < -0.3 is 15.2 Å². The Hall–Kier alpha value is -0.810. The van der Waals surface area contributed by atoms with Gasteiger partial charge in [-0.1, -0.05) is 19.8 Å². The molecule has 0 aromatic carbocycles. The van der Waals surface area contributed by atoms with Crippen molar-refractivity contribution < 1.29 is 14.6 Å². The number of carboxylic acid groups (broad SMARTS) is 1. The van der Waals surface area contributed by atoms with Gasteiger partial charge in [-0.25, -0.2) is 4.79 Å². The molecule has 100 valence electrons. The van der Waals surface area contributed by atoms with Gasteiger partial charge in [0.05, 0.1) is 12.1 Å². The SMILES string of the molecule is CCCC[C@@]1(COC)CN[C@@H](C)CN1C(=O)O. The Bertz CT molecular complexity index is 256. The molecule has 5 heteroatoms. The highest BCUT2D eigenvalue weighted by Crippen LogP contribution is 2.26. The number of ether oxygens (including phenoxy) is 1. The van der Waals surface area contributed by atoms with Gasteiger partial charge in [-0.3, -0.25) is 4.90 Å². The molecule has 2 N–H and O–H groups in total. The Morgan fingerprint density at radius 2 is 2.35 bits per heavy atom. The normalized spacial score (nSPS) is 29.4. The molecular weight excluding hydrogens is 220 g/mol. The van der Waals surface area contributed by atoms with Gasteiger partial charge in [-0.2, -0.15) is 0 Å². The molecule has 1 rings (SSSR count). The first-order valence-corrected chi connectivity index (χ1v) is 6.28. The smallest absolute Gasteiger partial charge is 0.407 e. The number of carbonyl (C=O) groups is 1. The van der Waals surface area contributed by atoms with Crippen molar-refractivity contribution in [1.82, 2.24) is 10.2 Å². The first kappa shape index (κ1) is 14.3. The lowest BCUT2D eigenvalue weighted by atomic mass is 9.88. The summed E-state index contributed by atoms with van der Waals surface area (Å²) in [5.74, 6) is 0. The summed E-state index contributed by atoms with van der Waals surface area (Å²) in [4.78, 5) is 13.0. The number of unbranched alkanes of at least 4 members (excludes halogenated alkanes) is 1. The largest absolute Gasteiger partial charge is 0.465 e. The van der Waals surface area contributed by atoms with Crippen molar-refractivity contribution in [3.05, 3.63) is 0 Å². The molecule has 0 spiro atoms. The fourth-order valence-electron chi connectivity index (χ4n) is 2.47. The quantitative estimate of drug-likeness (QED) is 0.770. The summed E-state index contributed by atoms with van der Waals surface area (Å²) in [6.07, 6.45) is 2.09. The molecule has 0 aromatic rings. The number of piperazine rings is 1. The lowest BCUT2D eigenvalue weighted by Crippen LogP contribution is -2.67. The highest BCUT2D eigenvalue weighted by atomic mass is 16.5. The van der Waals surface area contributed by atoms with E-state index in [0.29, 0.717) is 19.7 Å². The molecule has 1 aliphatic rings. The van der Waals surface area contributed by atoms with Crippen LogP contribution in [0.25, 0.3) is 0 Å². The van der Waals surface area contributed by atoms with Crippen LogP contribution in [0.4, 0.5) is 4.79 Å². The molecule has 1 aliphatic heterocycles. The van der Waals surface area contributed by atoms with Crippen molar-refractivity contribution in [2.45, 2.75) is 44.7 Å². The molecule has 0 bridgehead atoms. The van der Waals surface area contributed by atoms with Crippen LogP contribution in [-0.2, 0) is 4.74 Å². The standard InChI is InChI=1S/C12H24N2O3/c1-4-5-6-12(9-17-3)8-13-10(2)7-14(12)11(15)16/h10,13H,4-9H2,1-3H3,(H,15,16)/t10-,12-/m0/s1. The van der Waals surface area contributed by atoms with Crippen molar-refractivity contribution in [2.24, 2.45) is 0 Å². The number of hydrogen-bond acceptors (Lipinski definition) is 3. The van der Waals surface area contributed by atoms with Crippen molar-refractivity contribution in [2.75, 3.05) is 26.8 Å². The van der Waals surface area contributed by atoms with Crippen LogP contribution in [0.15, 0.2) is 0 Å². The summed E-state index contributed by atoms with van der Waals surface area (Å²) in [6, 6.07) is 0.206. The van der Waals surface area contributed by atoms with Gasteiger partial charge in [0.15, 0.2) is 0 Å². The molecule has 1 fully saturated rings. The molecule has 0 radical (unpaired) electrons. The van der Waals surface area contributed by atoms with Crippen LogP contribution >= 0.6 is 0 Å². The second-order valence-corrected chi connectivity index (χ2v) is 4.94. The van der Waals surface area contributed by atoms with Crippen LogP contribution in [-0.4, -0.2) is 54.5 Å². The third-order valence-electron chi connectivity index (χ3n) is 3.45. The first-order valence-electron chi connectivity index (χ1n) is 6.28. The van der Waals surface area contributed by atoms with Crippen LogP contribution < -0.4 is 5.32 Å². The maximum atomic E-state index is 11.4. The number of nitrogens with zero attached hydrogens (tertiary/aromatic N) is 1. The van der Waals surface area contributed by atoms with Gasteiger partial charge in [0, 0.05) is 26.2 Å². The van der Waals surface area contributed by atoms with Gasteiger partial charge in [-0.15, -0.1) is 0 Å². The van der Waals surface area contributed by atoms with Crippen LogP contribution in [0.3, 0.4) is 0 Å². The van der Waals surface area contributed by atoms with E-state index in [1.165, 1.54) is 0 Å². The van der Waals surface area contributed by atoms with Crippen LogP contribution in [0.1, 0.15) is 33.1 Å². The van der Waals surface area contributed by atoms with E-state index in [1.807, 2.05) is 6.92 Å². The van der Waals surface area contributed by atoms with E-state index >= 15 is 0 Å². The number of hydrogen-bond donors (Lipinski definition) is 2. The molecule has 2 atom stereocenters. The molecule has 0 aliphatic carbocycles. The lowest BCUT2D eigenvalue weighted by Gasteiger charge is -2.47. The third-order valence-corrected chi connectivity index (χ3v) is 3.45. The fraction of sp³-hybridized carbons (Fsp3) is 0.917. The summed E-state index contributed by atoms with van der Waals surface area (Å²) >= 11 is 0. The van der Waals surface area contributed by atoms with Crippen molar-refractivity contribution >= 4 is 6.09 Å². The van der Waals surface area contributed by atoms with E-state index in [0.717, 1.165) is 19.3 Å². The number of amides is 1. The van der Waals surface area contributed by atoms with Crippen molar-refractivity contribution in [1.29, 1.82) is 0 Å². The maximum Gasteiger partial charge on any atom is 0.407 e. The zero-order chi connectivity index (χ0) is 12.9. The first-order chi connectivity index (χ1) is 8.05. The summed E-state index contributed by atoms with van der Waals surface area (Å²) in [6.45, 7) is 5.78. The number of rotatable bonds is 5. The summed E-state index contributed by atoms with van der Waals surface area (Å²) in [5, 5.41) is 12.7. The van der Waals surface area contributed by atoms with Gasteiger partial charge >= 0.3 is 6.09 Å². The van der Waals surface area contributed by atoms with Crippen molar-refractivity contribution in [3.63, 3.8) is 0 Å². The Morgan fingerprint density at radius 3 is 2.88 bits per heavy atom. The van der Waals surface area contributed by atoms with Crippen molar-refractivity contribution in [3.8, 4) is 0 Å². The summed E-state index contributed by atoms with van der Waals surface area (Å²) in [7, 11) is 1.63. The minimum Gasteiger partial charge on any atom is -0.465 e. The van der Waals surface area contributed by atoms with E-state index in [9.17, 15) is 9.90 Å². The van der Waals surface area contributed by atoms with Gasteiger partial charge in [0.25, 0.3) is 0 Å². The second kappa shape index (κ2) is 6.21. The zero-order valence-corrected chi connectivity index (χ0v) is 11.0. The monoisotopic (exact) mass is 244 g/mol. The van der Waals surface area contributed by atoms with Crippen LogP contribution in [0, 0.1) is 0 Å². The second-order valence-electron chi connectivity index (χ2n) is 4.94. The maximum absolute atomic E-state index is 11.4. The molecule has 0 saturated carbocycles. The van der Waals surface area contributed by atoms with Gasteiger partial charge in [0.2, 0.25) is 0 Å². The zero-order valence-electron chi connectivity index (χ0n) is 11.0. The average Bonchev–Trinajstić information content (AvgIpc) is 2.29. The average molecular weight is 244 g/mol. The number of methoxy groups -OCH3 is 1. The summed E-state index contributed by atoms with van der Waals surface area (Å²) in [5.41, 5.74) is -0.400. The molecule has 0 aromatic heterocycles. The van der Waals surface area contributed by atoms with Gasteiger partial charge in [0.1, 0.15) is 0 Å². The predicted molar refractivity (Wildman–Crippen MR) is 66.3 cm³/mol. The number of nitrogens with one attached hydrogen (secondary N) is 1. The Morgan fingerprint density at radius 1 is 1.65 bits per heavy atom. The topological polar surface area (TPSA) is 61.8 Å². The molecule has 5 nitrogen and oxygen atoms in total. The van der Waals surface area contributed by atoms with E-state index in [1.54, 1.807) is 12.0 Å². The molecule has 1 saturated heterocycles. The van der Waals surface area contributed by atoms with E-state index in [-0.39, 0.29) is 6.04 Å². The molecule has 1 heterocycles. The molecule has 17 heavy (non-hydrogen) atoms. The Balaban J connectivity index is 2.85. The van der Waals surface area contributed by atoms with E-state index in [4.69, 9.17) is 4.74 Å². The van der Waals surface area contributed by atoms with Crippen LogP contribution in [0.5, 0.6) is 0 Å². The fourth-order valence-corrected chi connectivity index (χ4v) is 2.47. The highest BCUT2D eigenvalue weighted by molar-refractivity contribution is 5.66. The predicted octanol–water partition coefficient (Wildman–Crippen LogP) is 1.53. The minimum atomic E-state index is -0.841. The van der Waals surface area contributed by atoms with E-state index in [2.05, 4.69) is 12.2 Å². The molecule has 1 amide bonds. The Labute approximate surface area is 103 Å². The lowest BCUT2D eigenvalue weighted by molar-refractivity contribution is -0.0133. The molecule has 0 unspecified atom stereocenters. The summed E-state index contributed by atoms with van der Waals surface area (Å²) < 4.78 is 5.25. The Kier molecular flexibility index (Phi) is 5.21. The van der Waals surface area contributed by atoms with Gasteiger partial charge in [-0.05, 0) is 13.3 Å². The highest BCUT2D eigenvalue weighted by Gasteiger charge is 2.43. The minimum absolute atomic E-state index is 0.206. The van der Waals surface area contributed by atoms with E-state index < -0.39 is 11.6 Å².